The van der Waals surface area contributed by atoms with Crippen molar-refractivity contribution in [2.75, 3.05) is 19.6 Å². The lowest BCUT2D eigenvalue weighted by Gasteiger charge is -2.34. The van der Waals surface area contributed by atoms with Crippen LogP contribution in [-0.4, -0.2) is 63.2 Å². The summed E-state index contributed by atoms with van der Waals surface area (Å²) in [7, 11) is 0. The summed E-state index contributed by atoms with van der Waals surface area (Å²) in [4.78, 5) is 29.1. The van der Waals surface area contributed by atoms with E-state index >= 15 is 0 Å². The molecular formula is C20H23FN4O3. The topological polar surface area (TPSA) is 67.7 Å². The molecule has 3 heterocycles. The number of halogens is 1. The Hall–Kier alpha value is -2.74. The lowest BCUT2D eigenvalue weighted by atomic mass is 10.1. The van der Waals surface area contributed by atoms with Crippen LogP contribution in [0.5, 0.6) is 0 Å². The first-order valence-electron chi connectivity index (χ1n) is 9.47. The van der Waals surface area contributed by atoms with Crippen molar-refractivity contribution < 1.29 is 18.7 Å². The van der Waals surface area contributed by atoms with Crippen LogP contribution in [-0.2, 0) is 17.8 Å². The number of rotatable bonds is 3. The number of hydrogen-bond acceptors (Lipinski definition) is 4. The molecule has 28 heavy (non-hydrogen) atoms. The molecule has 1 saturated heterocycles. The third-order valence-corrected chi connectivity index (χ3v) is 5.08. The standard InChI is InChI=1S/C20H23FN4O3/c1-13-10-24(11-14(2)28-13)19(26)17-9-18-20(27)23(7-8-25(18)22-17)12-15-3-5-16(21)6-4-15/h3-6,9,13-14H,7-8,10-12H2,1-2H3. The highest BCUT2D eigenvalue weighted by atomic mass is 19.1. The van der Waals surface area contributed by atoms with Crippen LogP contribution in [0.25, 0.3) is 0 Å². The van der Waals surface area contributed by atoms with Crippen LogP contribution in [0.3, 0.4) is 0 Å². The van der Waals surface area contributed by atoms with E-state index in [4.69, 9.17) is 4.74 Å². The minimum absolute atomic E-state index is 0.0298. The van der Waals surface area contributed by atoms with Crippen molar-refractivity contribution in [2.24, 2.45) is 0 Å². The number of ether oxygens (including phenoxy) is 1. The largest absolute Gasteiger partial charge is 0.372 e. The van der Waals surface area contributed by atoms with E-state index < -0.39 is 0 Å². The van der Waals surface area contributed by atoms with Crippen LogP contribution >= 0.6 is 0 Å². The second-order valence-corrected chi connectivity index (χ2v) is 7.46. The Morgan fingerprint density at radius 3 is 2.54 bits per heavy atom. The highest BCUT2D eigenvalue weighted by molar-refractivity contribution is 5.98. The van der Waals surface area contributed by atoms with Crippen LogP contribution in [0.1, 0.15) is 40.4 Å². The van der Waals surface area contributed by atoms with Crippen molar-refractivity contribution in [3.8, 4) is 0 Å². The third-order valence-electron chi connectivity index (χ3n) is 5.08. The van der Waals surface area contributed by atoms with Crippen LogP contribution in [0, 0.1) is 5.82 Å². The van der Waals surface area contributed by atoms with Crippen molar-refractivity contribution in [3.63, 3.8) is 0 Å². The highest BCUT2D eigenvalue weighted by Gasteiger charge is 2.32. The Morgan fingerprint density at radius 1 is 1.18 bits per heavy atom. The van der Waals surface area contributed by atoms with E-state index in [2.05, 4.69) is 5.10 Å². The van der Waals surface area contributed by atoms with E-state index in [9.17, 15) is 14.0 Å². The molecule has 0 saturated carbocycles. The van der Waals surface area contributed by atoms with Gasteiger partial charge >= 0.3 is 0 Å². The molecule has 7 nitrogen and oxygen atoms in total. The fraction of sp³-hybridized carbons (Fsp3) is 0.450. The molecule has 0 N–H and O–H groups in total. The summed E-state index contributed by atoms with van der Waals surface area (Å²) in [5.41, 5.74) is 1.55. The van der Waals surface area contributed by atoms with Gasteiger partial charge in [0.2, 0.25) is 0 Å². The van der Waals surface area contributed by atoms with E-state index in [0.717, 1.165) is 5.56 Å². The zero-order chi connectivity index (χ0) is 19.8. The number of nitrogens with zero attached hydrogens (tertiary/aromatic N) is 4. The van der Waals surface area contributed by atoms with E-state index in [-0.39, 0.29) is 35.5 Å². The van der Waals surface area contributed by atoms with Gasteiger partial charge in [-0.15, -0.1) is 0 Å². The van der Waals surface area contributed by atoms with Gasteiger partial charge in [-0.1, -0.05) is 12.1 Å². The Bertz CT molecular complexity index is 885. The van der Waals surface area contributed by atoms with Crippen LogP contribution in [0.15, 0.2) is 30.3 Å². The summed E-state index contributed by atoms with van der Waals surface area (Å²) in [6.07, 6.45) is -0.0597. The van der Waals surface area contributed by atoms with E-state index in [1.54, 1.807) is 32.7 Å². The van der Waals surface area contributed by atoms with Gasteiger partial charge in [0.25, 0.3) is 11.8 Å². The molecule has 4 rings (SSSR count). The van der Waals surface area contributed by atoms with Gasteiger partial charge in [-0.05, 0) is 31.5 Å². The normalized spacial score (nSPS) is 22.3. The molecule has 2 atom stereocenters. The van der Waals surface area contributed by atoms with Gasteiger partial charge in [0, 0.05) is 32.2 Å². The van der Waals surface area contributed by atoms with E-state index in [1.165, 1.54) is 12.1 Å². The quantitative estimate of drug-likeness (QED) is 0.808. The molecular weight excluding hydrogens is 363 g/mol. The van der Waals surface area contributed by atoms with Crippen molar-refractivity contribution in [3.05, 3.63) is 53.1 Å². The lowest BCUT2D eigenvalue weighted by molar-refractivity contribution is -0.0587. The maximum Gasteiger partial charge on any atom is 0.274 e. The van der Waals surface area contributed by atoms with Crippen molar-refractivity contribution in [1.29, 1.82) is 0 Å². The summed E-state index contributed by atoms with van der Waals surface area (Å²) in [5, 5.41) is 4.37. The number of carbonyl (C=O) groups excluding carboxylic acids is 2. The molecule has 148 valence electrons. The minimum atomic E-state index is -0.304. The summed E-state index contributed by atoms with van der Waals surface area (Å²) in [6, 6.07) is 7.69. The Kier molecular flexibility index (Phi) is 4.89. The summed E-state index contributed by atoms with van der Waals surface area (Å²) in [5.74, 6) is -0.658. The van der Waals surface area contributed by atoms with Gasteiger partial charge in [0.15, 0.2) is 5.69 Å². The monoisotopic (exact) mass is 386 g/mol. The maximum atomic E-state index is 13.1. The molecule has 1 aromatic carbocycles. The first-order chi connectivity index (χ1) is 13.4. The molecule has 2 amide bonds. The van der Waals surface area contributed by atoms with Gasteiger partial charge in [0.05, 0.1) is 18.8 Å². The summed E-state index contributed by atoms with van der Waals surface area (Å²) in [6.45, 7) is 6.30. The zero-order valence-electron chi connectivity index (χ0n) is 16.0. The molecule has 0 bridgehead atoms. The predicted octanol–water partition coefficient (Wildman–Crippen LogP) is 1.93. The molecule has 0 radical (unpaired) electrons. The Labute approximate surface area is 162 Å². The number of carbonyl (C=O) groups is 2. The van der Waals surface area contributed by atoms with Gasteiger partial charge in [-0.3, -0.25) is 14.3 Å². The second kappa shape index (κ2) is 7.35. The Balaban J connectivity index is 1.50. The number of amides is 2. The number of benzene rings is 1. The number of aromatic nitrogens is 2. The molecule has 2 aromatic rings. The van der Waals surface area contributed by atoms with Crippen LogP contribution in [0.2, 0.25) is 0 Å². The first kappa shape index (κ1) is 18.6. The van der Waals surface area contributed by atoms with Crippen LogP contribution < -0.4 is 0 Å². The summed E-state index contributed by atoms with van der Waals surface area (Å²) < 4.78 is 20.4. The summed E-state index contributed by atoms with van der Waals surface area (Å²) >= 11 is 0. The van der Waals surface area contributed by atoms with Gasteiger partial charge in [0.1, 0.15) is 11.5 Å². The predicted molar refractivity (Wildman–Crippen MR) is 99.3 cm³/mol. The second-order valence-electron chi connectivity index (χ2n) is 7.46. The SMILES string of the molecule is CC1CN(C(=O)c2cc3n(n2)CCN(Cc2ccc(F)cc2)C3=O)CC(C)O1. The van der Waals surface area contributed by atoms with Crippen molar-refractivity contribution >= 4 is 11.8 Å². The maximum absolute atomic E-state index is 13.1. The number of fused-ring (bicyclic) bond motifs is 1. The lowest BCUT2D eigenvalue weighted by Crippen LogP contribution is -2.48. The highest BCUT2D eigenvalue weighted by Crippen LogP contribution is 2.19. The average molecular weight is 386 g/mol. The average Bonchev–Trinajstić information content (AvgIpc) is 3.09. The van der Waals surface area contributed by atoms with Crippen LogP contribution in [0.4, 0.5) is 4.39 Å². The smallest absolute Gasteiger partial charge is 0.274 e. The minimum Gasteiger partial charge on any atom is -0.372 e. The van der Waals surface area contributed by atoms with E-state index in [1.807, 2.05) is 13.8 Å². The van der Waals surface area contributed by atoms with Crippen molar-refractivity contribution in [1.82, 2.24) is 19.6 Å². The molecule has 2 aliphatic heterocycles. The molecule has 0 aliphatic carbocycles. The molecule has 2 unspecified atom stereocenters. The Morgan fingerprint density at radius 2 is 1.86 bits per heavy atom. The molecule has 2 aliphatic rings. The third kappa shape index (κ3) is 3.64. The molecule has 1 aromatic heterocycles. The van der Waals surface area contributed by atoms with Gasteiger partial charge in [-0.2, -0.15) is 5.10 Å². The molecule has 8 heteroatoms. The molecule has 0 spiro atoms. The van der Waals surface area contributed by atoms with E-state index in [0.29, 0.717) is 38.4 Å². The van der Waals surface area contributed by atoms with Gasteiger partial charge < -0.3 is 14.5 Å². The van der Waals surface area contributed by atoms with Crippen molar-refractivity contribution in [2.45, 2.75) is 39.1 Å². The first-order valence-corrected chi connectivity index (χ1v) is 9.47. The fourth-order valence-electron chi connectivity index (χ4n) is 3.81. The van der Waals surface area contributed by atoms with Gasteiger partial charge in [-0.25, -0.2) is 4.39 Å². The molecule has 1 fully saturated rings. The number of hydrogen-bond donors (Lipinski definition) is 0. The fourth-order valence-corrected chi connectivity index (χ4v) is 3.81. The zero-order valence-corrected chi connectivity index (χ0v) is 16.0. The number of morpholine rings is 1.